The molecule has 0 aliphatic rings. The van der Waals surface area contributed by atoms with Gasteiger partial charge in [0.15, 0.2) is 6.61 Å². The second-order valence-electron chi connectivity index (χ2n) is 4.50. The zero-order chi connectivity index (χ0) is 17.5. The van der Waals surface area contributed by atoms with Crippen molar-refractivity contribution in [2.75, 3.05) is 11.9 Å². The molecular weight excluding hydrogens is 342 g/mol. The molecule has 2 aromatic carbocycles. The summed E-state index contributed by atoms with van der Waals surface area (Å²) in [6.07, 6.45) is 0. The number of alkyl halides is 2. The van der Waals surface area contributed by atoms with Gasteiger partial charge >= 0.3 is 6.61 Å². The summed E-state index contributed by atoms with van der Waals surface area (Å²) in [6.45, 7) is -3.28. The maximum Gasteiger partial charge on any atom is 0.387 e. The Morgan fingerprint density at radius 1 is 1.29 bits per heavy atom. The van der Waals surface area contributed by atoms with E-state index in [0.717, 1.165) is 0 Å². The van der Waals surface area contributed by atoms with Crippen LogP contribution in [-0.4, -0.2) is 19.1 Å². The van der Waals surface area contributed by atoms with Crippen molar-refractivity contribution in [1.29, 1.82) is 5.26 Å². The number of hydrogen-bond donors (Lipinski definition) is 1. The third-order valence-corrected chi connectivity index (χ3v) is 3.06. The van der Waals surface area contributed by atoms with Crippen LogP contribution in [0.5, 0.6) is 11.5 Å². The van der Waals surface area contributed by atoms with Crippen molar-refractivity contribution in [1.82, 2.24) is 0 Å². The molecule has 0 saturated heterocycles. The van der Waals surface area contributed by atoms with Gasteiger partial charge in [-0.15, -0.1) is 0 Å². The number of halogens is 3. The van der Waals surface area contributed by atoms with E-state index in [0.29, 0.717) is 17.0 Å². The van der Waals surface area contributed by atoms with Gasteiger partial charge in [0.05, 0.1) is 16.7 Å². The van der Waals surface area contributed by atoms with Crippen LogP contribution >= 0.6 is 11.6 Å². The summed E-state index contributed by atoms with van der Waals surface area (Å²) in [5.74, 6) is -0.284. The normalized spacial score (nSPS) is 10.1. The van der Waals surface area contributed by atoms with E-state index in [2.05, 4.69) is 10.1 Å². The van der Waals surface area contributed by atoms with E-state index >= 15 is 0 Å². The first-order valence-electron chi connectivity index (χ1n) is 6.65. The molecule has 0 fully saturated rings. The molecule has 1 amide bonds. The minimum Gasteiger partial charge on any atom is -0.484 e. The van der Waals surface area contributed by atoms with Crippen LogP contribution in [0.2, 0.25) is 5.02 Å². The number of carbonyl (C=O) groups is 1. The third kappa shape index (κ3) is 5.11. The first kappa shape index (κ1) is 17.5. The second kappa shape index (κ2) is 8.13. The van der Waals surface area contributed by atoms with E-state index in [4.69, 9.17) is 21.6 Å². The van der Waals surface area contributed by atoms with Gasteiger partial charge in [-0.2, -0.15) is 14.0 Å². The van der Waals surface area contributed by atoms with Crippen LogP contribution in [0.25, 0.3) is 0 Å². The Kier molecular flexibility index (Phi) is 5.93. The van der Waals surface area contributed by atoms with Crippen LogP contribution in [0.4, 0.5) is 14.5 Å². The molecule has 8 heteroatoms. The maximum absolute atomic E-state index is 12.1. The number of anilines is 1. The number of nitriles is 1. The Balaban J connectivity index is 1.92. The summed E-state index contributed by atoms with van der Waals surface area (Å²) >= 11 is 5.79. The maximum atomic E-state index is 12.1. The first-order chi connectivity index (χ1) is 11.5. The van der Waals surface area contributed by atoms with Gasteiger partial charge in [0.1, 0.15) is 11.5 Å². The van der Waals surface area contributed by atoms with Crippen LogP contribution in [0, 0.1) is 11.3 Å². The number of amides is 1. The third-order valence-electron chi connectivity index (χ3n) is 2.76. The van der Waals surface area contributed by atoms with Gasteiger partial charge in [-0.05, 0) is 36.4 Å². The Labute approximate surface area is 141 Å². The number of nitrogens with one attached hydrogen (secondary N) is 1. The van der Waals surface area contributed by atoms with E-state index in [1.165, 1.54) is 24.3 Å². The average molecular weight is 353 g/mol. The molecular formula is C16H11ClF2N2O3. The lowest BCUT2D eigenvalue weighted by atomic mass is 10.2. The molecule has 1 N–H and O–H groups in total. The fourth-order valence-corrected chi connectivity index (χ4v) is 2.00. The zero-order valence-electron chi connectivity index (χ0n) is 12.1. The topological polar surface area (TPSA) is 71.3 Å². The van der Waals surface area contributed by atoms with Crippen LogP contribution in [0.3, 0.4) is 0 Å². The summed E-state index contributed by atoms with van der Waals surface area (Å²) in [5.41, 5.74) is 0.718. The number of benzene rings is 2. The van der Waals surface area contributed by atoms with E-state index in [1.54, 1.807) is 18.2 Å². The minimum absolute atomic E-state index is 0.0595. The van der Waals surface area contributed by atoms with Crippen LogP contribution in [0.15, 0.2) is 42.5 Å². The van der Waals surface area contributed by atoms with E-state index in [-0.39, 0.29) is 17.4 Å². The van der Waals surface area contributed by atoms with Crippen molar-refractivity contribution in [2.45, 2.75) is 6.61 Å². The zero-order valence-corrected chi connectivity index (χ0v) is 12.9. The molecule has 0 atom stereocenters. The predicted molar refractivity (Wildman–Crippen MR) is 83.4 cm³/mol. The molecule has 0 saturated carbocycles. The van der Waals surface area contributed by atoms with Crippen LogP contribution in [-0.2, 0) is 4.79 Å². The molecule has 124 valence electrons. The van der Waals surface area contributed by atoms with Crippen molar-refractivity contribution in [3.05, 3.63) is 53.1 Å². The molecule has 2 rings (SSSR count). The summed E-state index contributed by atoms with van der Waals surface area (Å²) in [4.78, 5) is 11.8. The molecule has 0 aromatic heterocycles. The van der Waals surface area contributed by atoms with Gasteiger partial charge in [0, 0.05) is 5.69 Å². The van der Waals surface area contributed by atoms with Gasteiger partial charge in [0.25, 0.3) is 5.91 Å². The standard InChI is InChI=1S/C16H11ClF2N2O3/c17-13-7-11(4-5-14(13)24-16(18)19)21-15(22)9-23-12-3-1-2-10(6-12)8-20/h1-7,16H,9H2,(H,21,22). The fraction of sp³-hybridized carbons (Fsp3) is 0.125. The highest BCUT2D eigenvalue weighted by atomic mass is 35.5. The molecule has 5 nitrogen and oxygen atoms in total. The fourth-order valence-electron chi connectivity index (χ4n) is 1.77. The van der Waals surface area contributed by atoms with Gasteiger partial charge < -0.3 is 14.8 Å². The Morgan fingerprint density at radius 3 is 2.75 bits per heavy atom. The molecule has 0 heterocycles. The van der Waals surface area contributed by atoms with Gasteiger partial charge in [-0.25, -0.2) is 0 Å². The lowest BCUT2D eigenvalue weighted by molar-refractivity contribution is -0.118. The first-order valence-corrected chi connectivity index (χ1v) is 7.03. The van der Waals surface area contributed by atoms with Gasteiger partial charge in [0.2, 0.25) is 0 Å². The van der Waals surface area contributed by atoms with Crippen molar-refractivity contribution < 1.29 is 23.0 Å². The number of ether oxygens (including phenoxy) is 2. The molecule has 0 bridgehead atoms. The van der Waals surface area contributed by atoms with E-state index in [1.807, 2.05) is 6.07 Å². The highest BCUT2D eigenvalue weighted by molar-refractivity contribution is 6.32. The number of nitrogens with zero attached hydrogens (tertiary/aromatic N) is 1. The Bertz CT molecular complexity index is 778. The summed E-state index contributed by atoms with van der Waals surface area (Å²) in [7, 11) is 0. The quantitative estimate of drug-likeness (QED) is 0.857. The largest absolute Gasteiger partial charge is 0.484 e. The summed E-state index contributed by atoms with van der Waals surface area (Å²) < 4.78 is 33.8. The van der Waals surface area contributed by atoms with Gasteiger partial charge in [-0.1, -0.05) is 17.7 Å². The molecule has 24 heavy (non-hydrogen) atoms. The van der Waals surface area contributed by atoms with Crippen molar-refractivity contribution in [3.63, 3.8) is 0 Å². The summed E-state index contributed by atoms with van der Waals surface area (Å²) in [6, 6.07) is 12.2. The lowest BCUT2D eigenvalue weighted by Crippen LogP contribution is -2.20. The van der Waals surface area contributed by atoms with Crippen LogP contribution < -0.4 is 14.8 Å². The molecule has 0 radical (unpaired) electrons. The van der Waals surface area contributed by atoms with Crippen molar-refractivity contribution in [2.24, 2.45) is 0 Å². The smallest absolute Gasteiger partial charge is 0.387 e. The highest BCUT2D eigenvalue weighted by Gasteiger charge is 2.10. The average Bonchev–Trinajstić information content (AvgIpc) is 2.55. The monoisotopic (exact) mass is 352 g/mol. The van der Waals surface area contributed by atoms with Crippen LogP contribution in [0.1, 0.15) is 5.56 Å². The second-order valence-corrected chi connectivity index (χ2v) is 4.91. The Hall–Kier alpha value is -2.85. The predicted octanol–water partition coefficient (Wildman–Crippen LogP) is 3.83. The molecule has 0 spiro atoms. The molecule has 2 aromatic rings. The van der Waals surface area contributed by atoms with Crippen molar-refractivity contribution in [3.8, 4) is 17.6 Å². The molecule has 0 aliphatic carbocycles. The lowest BCUT2D eigenvalue weighted by Gasteiger charge is -2.10. The van der Waals surface area contributed by atoms with Crippen molar-refractivity contribution >= 4 is 23.2 Å². The SMILES string of the molecule is N#Cc1cccc(OCC(=O)Nc2ccc(OC(F)F)c(Cl)c2)c1. The Morgan fingerprint density at radius 2 is 2.08 bits per heavy atom. The summed E-state index contributed by atoms with van der Waals surface area (Å²) in [5, 5.41) is 11.2. The minimum atomic E-state index is -2.99. The molecule has 0 aliphatic heterocycles. The van der Waals surface area contributed by atoms with E-state index < -0.39 is 12.5 Å². The molecule has 0 unspecified atom stereocenters. The number of rotatable bonds is 6. The van der Waals surface area contributed by atoms with Gasteiger partial charge in [-0.3, -0.25) is 4.79 Å². The number of carbonyl (C=O) groups excluding carboxylic acids is 1. The number of hydrogen-bond acceptors (Lipinski definition) is 4. The van der Waals surface area contributed by atoms with E-state index in [9.17, 15) is 13.6 Å². The highest BCUT2D eigenvalue weighted by Crippen LogP contribution is 2.28.